The molecule has 1 saturated carbocycles. The molecule has 0 bridgehead atoms. The monoisotopic (exact) mass is 736 g/mol. The Morgan fingerprint density at radius 2 is 0.638 bits per heavy atom. The van der Waals surface area contributed by atoms with Gasteiger partial charge in [-0.2, -0.15) is 0 Å². The molecule has 0 heterocycles. The molecule has 0 saturated heterocycles. The smallest absolute Gasteiger partial charge is 0.679 e. The van der Waals surface area contributed by atoms with Gasteiger partial charge in [0.05, 0.1) is 26.5 Å². The van der Waals surface area contributed by atoms with Crippen molar-refractivity contribution in [3.63, 3.8) is 0 Å². The van der Waals surface area contributed by atoms with Crippen molar-refractivity contribution in [3.05, 3.63) is 180 Å². The van der Waals surface area contributed by atoms with E-state index in [4.69, 9.17) is 10.6 Å². The van der Waals surface area contributed by atoms with Crippen LogP contribution >= 0.6 is 15.8 Å². The molecule has 0 amide bonds. The van der Waals surface area contributed by atoms with E-state index in [2.05, 4.69) is 170 Å². The van der Waals surface area contributed by atoms with E-state index >= 15 is 0 Å². The minimum Gasteiger partial charge on any atom is -0.679 e. The molecule has 6 aromatic rings. The molecular weight excluding hydrogens is 695 g/mol. The van der Waals surface area contributed by atoms with Gasteiger partial charge in [-0.1, -0.05) is 146 Å². The van der Waals surface area contributed by atoms with E-state index in [0.29, 0.717) is 0 Å². The van der Waals surface area contributed by atoms with E-state index in [1.165, 1.54) is 44.7 Å². The Bertz CT molecular complexity index is 1600. The third-order valence-corrected chi connectivity index (χ3v) is 14.5. The van der Waals surface area contributed by atoms with Gasteiger partial charge >= 0.3 is 19.5 Å². The van der Waals surface area contributed by atoms with Crippen molar-refractivity contribution in [1.29, 1.82) is 0 Å². The van der Waals surface area contributed by atoms with Crippen molar-refractivity contribution in [2.75, 3.05) is 0 Å². The van der Waals surface area contributed by atoms with E-state index in [1.54, 1.807) is 0 Å². The number of hydrogen-bond donors (Lipinski definition) is 0. The molecular formula is C42H40N2P2Ru+2. The Morgan fingerprint density at radius 3 is 0.957 bits per heavy atom. The second kappa shape index (κ2) is 16.5. The topological polar surface area (TPSA) is 28.2 Å². The predicted molar refractivity (Wildman–Crippen MR) is 205 cm³/mol. The fourth-order valence-electron chi connectivity index (χ4n) is 6.72. The fraction of sp³-hybridized carbons (Fsp3) is 0.143. The number of rotatable bonds is 10. The SMILES string of the molecule is [Ru+2].c1ccc([PH+](c2ccccc2)c2ccccc2[N-]C2CCCCC2[N-]c2ccccc2[PH+](c2ccccc2)c2ccccc2)cc1. The molecule has 1 aliphatic carbocycles. The van der Waals surface area contributed by atoms with Crippen LogP contribution in [0.25, 0.3) is 10.6 Å². The van der Waals surface area contributed by atoms with Gasteiger partial charge in [-0.3, -0.25) is 0 Å². The van der Waals surface area contributed by atoms with Crippen molar-refractivity contribution in [3.8, 4) is 0 Å². The largest absolute Gasteiger partial charge is 2.00 e. The summed E-state index contributed by atoms with van der Waals surface area (Å²) in [4.78, 5) is 0. The minimum absolute atomic E-state index is 0. The number of nitrogens with zero attached hydrogens (tertiary/aromatic N) is 2. The number of para-hydroxylation sites is 2. The molecule has 2 nitrogen and oxygen atoms in total. The van der Waals surface area contributed by atoms with Gasteiger partial charge in [0.15, 0.2) is 0 Å². The zero-order chi connectivity index (χ0) is 31.0. The molecule has 1 fully saturated rings. The Labute approximate surface area is 295 Å². The van der Waals surface area contributed by atoms with Gasteiger partial charge in [0.1, 0.15) is 21.2 Å². The Balaban J connectivity index is 0.00000386. The maximum atomic E-state index is 5.60. The maximum Gasteiger partial charge on any atom is 2.00 e. The van der Waals surface area contributed by atoms with Gasteiger partial charge < -0.3 is 10.6 Å². The molecule has 7 rings (SSSR count). The first-order valence-corrected chi connectivity index (χ1v) is 19.4. The third-order valence-electron chi connectivity index (χ3n) is 8.90. The van der Waals surface area contributed by atoms with Crippen molar-refractivity contribution in [2.24, 2.45) is 0 Å². The molecule has 0 radical (unpaired) electrons. The van der Waals surface area contributed by atoms with Crippen LogP contribution in [0.1, 0.15) is 25.7 Å². The number of benzene rings is 6. The third kappa shape index (κ3) is 7.93. The molecule has 47 heavy (non-hydrogen) atoms. The summed E-state index contributed by atoms with van der Waals surface area (Å²) in [5.74, 6) is 0. The summed E-state index contributed by atoms with van der Waals surface area (Å²) in [5, 5.41) is 19.4. The fourth-order valence-corrected chi connectivity index (χ4v) is 12.1. The van der Waals surface area contributed by atoms with Crippen LogP contribution < -0.4 is 31.8 Å². The van der Waals surface area contributed by atoms with Crippen molar-refractivity contribution < 1.29 is 19.5 Å². The van der Waals surface area contributed by atoms with Gasteiger partial charge in [0.2, 0.25) is 0 Å². The van der Waals surface area contributed by atoms with Gasteiger partial charge in [-0.05, 0) is 60.7 Å². The van der Waals surface area contributed by atoms with Gasteiger partial charge in [-0.25, -0.2) is 0 Å². The second-order valence-electron chi connectivity index (χ2n) is 11.9. The van der Waals surface area contributed by atoms with Crippen molar-refractivity contribution in [1.82, 2.24) is 0 Å². The van der Waals surface area contributed by atoms with Crippen LogP contribution in [0.3, 0.4) is 0 Å². The summed E-state index contributed by atoms with van der Waals surface area (Å²) in [5.41, 5.74) is 2.26. The van der Waals surface area contributed by atoms with Crippen LogP contribution in [0.2, 0.25) is 0 Å². The van der Waals surface area contributed by atoms with E-state index < -0.39 is 15.8 Å². The molecule has 6 aromatic carbocycles. The first kappa shape index (κ1) is 33.3. The predicted octanol–water partition coefficient (Wildman–Crippen LogP) is 8.69. The summed E-state index contributed by atoms with van der Waals surface area (Å²) >= 11 is 0. The molecule has 2 atom stereocenters. The van der Waals surface area contributed by atoms with Gasteiger partial charge in [0.25, 0.3) is 0 Å². The Hall–Kier alpha value is -3.60. The molecule has 0 aliphatic heterocycles. The molecule has 0 N–H and O–H groups in total. The van der Waals surface area contributed by atoms with Crippen molar-refractivity contribution in [2.45, 2.75) is 37.8 Å². The quantitative estimate of drug-likeness (QED) is 0.0996. The summed E-state index contributed by atoms with van der Waals surface area (Å²) in [6, 6.07) is 62.1. The summed E-state index contributed by atoms with van der Waals surface area (Å²) < 4.78 is 0. The van der Waals surface area contributed by atoms with Crippen LogP contribution in [-0.4, -0.2) is 12.1 Å². The second-order valence-corrected chi connectivity index (χ2v) is 16.8. The molecule has 2 unspecified atom stereocenters. The van der Waals surface area contributed by atoms with Crippen LogP contribution in [0, 0.1) is 0 Å². The molecule has 1 aliphatic rings. The van der Waals surface area contributed by atoms with E-state index in [1.807, 2.05) is 0 Å². The standard InChI is InChI=1S/C42H38N2P2.Ru/c1-5-19-33(20-6-1)45(34-21-7-2-8-22-34)41-31-17-15-29-39(41)43-37-27-13-14-28-38(37)44-40-30-16-18-32-42(40)46(35-23-9-3-10-24-35)36-25-11-4-12-26-36;/h1-12,15-26,29-32,37-38H,13-14,27-28H2;/q-2;+2/p+2. The Morgan fingerprint density at radius 1 is 0.362 bits per heavy atom. The molecule has 234 valence electrons. The van der Waals surface area contributed by atoms with Crippen LogP contribution in [-0.2, 0) is 19.5 Å². The van der Waals surface area contributed by atoms with Crippen LogP contribution in [0.15, 0.2) is 170 Å². The first-order chi connectivity index (χ1) is 22.8. The molecule has 0 spiro atoms. The van der Waals surface area contributed by atoms with Gasteiger partial charge in [-0.15, -0.1) is 12.1 Å². The summed E-state index contributed by atoms with van der Waals surface area (Å²) in [6.45, 7) is 0. The average Bonchev–Trinajstić information content (AvgIpc) is 3.13. The van der Waals surface area contributed by atoms with E-state index in [0.717, 1.165) is 24.2 Å². The first-order valence-electron chi connectivity index (χ1n) is 16.4. The zero-order valence-electron chi connectivity index (χ0n) is 26.4. The number of hydrogen-bond acceptors (Lipinski definition) is 0. The normalized spacial score (nSPS) is 16.0. The zero-order valence-corrected chi connectivity index (χ0v) is 30.1. The maximum absolute atomic E-state index is 5.60. The van der Waals surface area contributed by atoms with Gasteiger partial charge in [0, 0.05) is 0 Å². The molecule has 5 heteroatoms. The molecule has 0 aromatic heterocycles. The van der Waals surface area contributed by atoms with Crippen LogP contribution in [0.4, 0.5) is 11.4 Å². The van der Waals surface area contributed by atoms with Crippen LogP contribution in [0.5, 0.6) is 0 Å². The van der Waals surface area contributed by atoms with E-state index in [-0.39, 0.29) is 31.6 Å². The average molecular weight is 736 g/mol. The summed E-state index contributed by atoms with van der Waals surface area (Å²) in [6.07, 6.45) is 4.53. The summed E-state index contributed by atoms with van der Waals surface area (Å²) in [7, 11) is -2.46. The van der Waals surface area contributed by atoms with E-state index in [9.17, 15) is 0 Å². The van der Waals surface area contributed by atoms with Crippen molar-refractivity contribution >= 4 is 59.0 Å². The Kier molecular flexibility index (Phi) is 11.7. The minimum atomic E-state index is -1.23.